The van der Waals surface area contributed by atoms with E-state index in [0.717, 1.165) is 0 Å². The predicted molar refractivity (Wildman–Crippen MR) is 56.8 cm³/mol. The maximum atomic E-state index is 11.4. The summed E-state index contributed by atoms with van der Waals surface area (Å²) in [4.78, 5) is 11.4. The van der Waals surface area contributed by atoms with Crippen LogP contribution in [-0.2, 0) is 19.0 Å². The molecule has 0 aromatic rings. The van der Waals surface area contributed by atoms with Gasteiger partial charge in [0.15, 0.2) is 6.29 Å². The molecule has 0 bridgehead atoms. The molecule has 1 N–H and O–H groups in total. The minimum Gasteiger partial charge on any atom is -0.466 e. The van der Waals surface area contributed by atoms with Crippen LogP contribution in [0.25, 0.3) is 0 Å². The van der Waals surface area contributed by atoms with E-state index in [-0.39, 0.29) is 17.8 Å². The monoisotopic (exact) mass is 232 g/mol. The van der Waals surface area contributed by atoms with E-state index in [4.69, 9.17) is 14.2 Å². The summed E-state index contributed by atoms with van der Waals surface area (Å²) in [7, 11) is 0. The van der Waals surface area contributed by atoms with Crippen LogP contribution in [0.5, 0.6) is 0 Å². The number of esters is 1. The first-order valence-corrected chi connectivity index (χ1v) is 5.65. The highest BCUT2D eigenvalue weighted by atomic mass is 16.6. The molecule has 16 heavy (non-hydrogen) atoms. The van der Waals surface area contributed by atoms with Crippen LogP contribution in [0.2, 0.25) is 0 Å². The standard InChI is InChI=1S/C11H20O5/c1-3-15-9(12)5-11(7-14-8-11)6-10(13)16-4-2/h9,12H,3-8H2,1-2H3. The molecular formula is C11H20O5. The van der Waals surface area contributed by atoms with Gasteiger partial charge in [0.1, 0.15) is 0 Å². The van der Waals surface area contributed by atoms with Gasteiger partial charge in [0, 0.05) is 18.4 Å². The van der Waals surface area contributed by atoms with E-state index in [2.05, 4.69) is 0 Å². The quantitative estimate of drug-likeness (QED) is 0.517. The molecule has 0 saturated carbocycles. The zero-order chi connectivity index (χ0) is 12.0. The highest BCUT2D eigenvalue weighted by Crippen LogP contribution is 2.36. The fourth-order valence-corrected chi connectivity index (χ4v) is 1.82. The first-order valence-electron chi connectivity index (χ1n) is 5.65. The van der Waals surface area contributed by atoms with E-state index in [1.165, 1.54) is 0 Å². The Bertz CT molecular complexity index is 224. The summed E-state index contributed by atoms with van der Waals surface area (Å²) >= 11 is 0. The number of aliphatic hydroxyl groups excluding tert-OH is 1. The number of aliphatic hydroxyl groups is 1. The molecule has 0 spiro atoms. The molecule has 0 aromatic carbocycles. The number of carbonyl (C=O) groups excluding carboxylic acids is 1. The molecule has 1 fully saturated rings. The van der Waals surface area contributed by atoms with Crippen LogP contribution in [0.3, 0.4) is 0 Å². The van der Waals surface area contributed by atoms with E-state index in [0.29, 0.717) is 32.8 Å². The first kappa shape index (κ1) is 13.4. The third-order valence-electron chi connectivity index (χ3n) is 2.61. The largest absolute Gasteiger partial charge is 0.466 e. The Morgan fingerprint density at radius 1 is 1.44 bits per heavy atom. The van der Waals surface area contributed by atoms with Gasteiger partial charge < -0.3 is 19.3 Å². The van der Waals surface area contributed by atoms with Crippen molar-refractivity contribution in [1.82, 2.24) is 0 Å². The number of carbonyl (C=O) groups is 1. The van der Waals surface area contributed by atoms with Gasteiger partial charge >= 0.3 is 5.97 Å². The maximum absolute atomic E-state index is 11.4. The molecular weight excluding hydrogens is 212 g/mol. The second-order valence-electron chi connectivity index (χ2n) is 4.09. The van der Waals surface area contributed by atoms with Crippen LogP contribution < -0.4 is 0 Å². The molecule has 1 saturated heterocycles. The van der Waals surface area contributed by atoms with Gasteiger partial charge in [-0.05, 0) is 13.8 Å². The lowest BCUT2D eigenvalue weighted by molar-refractivity contribution is -0.191. The average Bonchev–Trinajstić information content (AvgIpc) is 2.15. The summed E-state index contributed by atoms with van der Waals surface area (Å²) in [5.41, 5.74) is -0.305. The molecule has 0 amide bonds. The molecule has 5 heteroatoms. The van der Waals surface area contributed by atoms with Crippen LogP contribution >= 0.6 is 0 Å². The minimum atomic E-state index is -0.830. The van der Waals surface area contributed by atoms with Crippen LogP contribution in [-0.4, -0.2) is 43.8 Å². The Hall–Kier alpha value is -0.650. The first-order chi connectivity index (χ1) is 7.62. The Labute approximate surface area is 95.7 Å². The van der Waals surface area contributed by atoms with E-state index >= 15 is 0 Å². The SMILES string of the molecule is CCOC(=O)CC1(CC(O)OCC)COC1. The summed E-state index contributed by atoms with van der Waals surface area (Å²) < 4.78 is 15.1. The third kappa shape index (κ3) is 3.73. The second-order valence-corrected chi connectivity index (χ2v) is 4.09. The Morgan fingerprint density at radius 3 is 2.56 bits per heavy atom. The number of hydrogen-bond acceptors (Lipinski definition) is 5. The molecule has 94 valence electrons. The molecule has 1 atom stereocenters. The second kappa shape index (κ2) is 6.18. The molecule has 1 aliphatic rings. The number of rotatable bonds is 7. The third-order valence-corrected chi connectivity index (χ3v) is 2.61. The predicted octanol–water partition coefficient (Wildman–Crippen LogP) is 0.701. The fourth-order valence-electron chi connectivity index (χ4n) is 1.82. The molecule has 1 aliphatic heterocycles. The van der Waals surface area contributed by atoms with E-state index in [1.807, 2.05) is 6.92 Å². The van der Waals surface area contributed by atoms with Gasteiger partial charge in [0.05, 0.1) is 26.2 Å². The number of hydrogen-bond donors (Lipinski definition) is 1. The lowest BCUT2D eigenvalue weighted by atomic mass is 9.79. The Kier molecular flexibility index (Phi) is 5.18. The van der Waals surface area contributed by atoms with Gasteiger partial charge in [-0.3, -0.25) is 4.79 Å². The van der Waals surface area contributed by atoms with Gasteiger partial charge in [-0.25, -0.2) is 0 Å². The van der Waals surface area contributed by atoms with Crippen molar-refractivity contribution < 1.29 is 24.1 Å². The Morgan fingerprint density at radius 2 is 2.12 bits per heavy atom. The van der Waals surface area contributed by atoms with Crippen molar-refractivity contribution in [2.24, 2.45) is 5.41 Å². The van der Waals surface area contributed by atoms with Crippen molar-refractivity contribution in [2.75, 3.05) is 26.4 Å². The van der Waals surface area contributed by atoms with Gasteiger partial charge in [0.25, 0.3) is 0 Å². The summed E-state index contributed by atoms with van der Waals surface area (Å²) in [6.07, 6.45) is -0.131. The van der Waals surface area contributed by atoms with Crippen LogP contribution in [0.4, 0.5) is 0 Å². The zero-order valence-electron chi connectivity index (χ0n) is 9.90. The van der Waals surface area contributed by atoms with Gasteiger partial charge in [0.2, 0.25) is 0 Å². The van der Waals surface area contributed by atoms with E-state index in [1.54, 1.807) is 6.92 Å². The lowest BCUT2D eigenvalue weighted by Crippen LogP contribution is -2.47. The molecule has 0 aliphatic carbocycles. The maximum Gasteiger partial charge on any atom is 0.306 e. The van der Waals surface area contributed by atoms with Gasteiger partial charge in [-0.15, -0.1) is 0 Å². The van der Waals surface area contributed by atoms with Crippen molar-refractivity contribution in [3.63, 3.8) is 0 Å². The topological polar surface area (TPSA) is 65.0 Å². The van der Waals surface area contributed by atoms with Crippen LogP contribution in [0.1, 0.15) is 26.7 Å². The van der Waals surface area contributed by atoms with Gasteiger partial charge in [-0.2, -0.15) is 0 Å². The molecule has 1 heterocycles. The molecule has 0 aromatic heterocycles. The number of ether oxygens (including phenoxy) is 3. The van der Waals surface area contributed by atoms with Crippen molar-refractivity contribution in [3.8, 4) is 0 Å². The highest BCUT2D eigenvalue weighted by Gasteiger charge is 2.42. The lowest BCUT2D eigenvalue weighted by Gasteiger charge is -2.41. The van der Waals surface area contributed by atoms with Crippen molar-refractivity contribution in [2.45, 2.75) is 33.0 Å². The fraction of sp³-hybridized carbons (Fsp3) is 0.909. The molecule has 1 rings (SSSR count). The molecule has 5 nitrogen and oxygen atoms in total. The van der Waals surface area contributed by atoms with Gasteiger partial charge in [-0.1, -0.05) is 0 Å². The highest BCUT2D eigenvalue weighted by molar-refractivity contribution is 5.70. The summed E-state index contributed by atoms with van der Waals surface area (Å²) in [6, 6.07) is 0. The summed E-state index contributed by atoms with van der Waals surface area (Å²) in [6.45, 7) is 5.39. The van der Waals surface area contributed by atoms with E-state index < -0.39 is 6.29 Å². The van der Waals surface area contributed by atoms with Crippen molar-refractivity contribution in [3.05, 3.63) is 0 Å². The van der Waals surface area contributed by atoms with E-state index in [9.17, 15) is 9.90 Å². The minimum absolute atomic E-state index is 0.241. The zero-order valence-corrected chi connectivity index (χ0v) is 9.90. The van der Waals surface area contributed by atoms with Crippen molar-refractivity contribution in [1.29, 1.82) is 0 Å². The summed E-state index contributed by atoms with van der Waals surface area (Å²) in [5.74, 6) is -0.241. The molecule has 0 radical (unpaired) electrons. The molecule has 1 unspecified atom stereocenters. The summed E-state index contributed by atoms with van der Waals surface area (Å²) in [5, 5.41) is 9.56. The van der Waals surface area contributed by atoms with Crippen LogP contribution in [0, 0.1) is 5.41 Å². The normalized spacial score (nSPS) is 19.9. The average molecular weight is 232 g/mol. The van der Waals surface area contributed by atoms with Crippen molar-refractivity contribution >= 4 is 5.97 Å². The smallest absolute Gasteiger partial charge is 0.306 e. The Balaban J connectivity index is 2.40. The van der Waals surface area contributed by atoms with Crippen LogP contribution in [0.15, 0.2) is 0 Å².